The SMILES string of the molecule is O=C([OH2+])CN(CC(O)=[OH+])C1CCCCC1N(CC(O)=[OH+])CC(O)=[OH+].[Cl][Ru][Cl].[OH-]. The first-order chi connectivity index (χ1) is 12.6. The van der Waals surface area contributed by atoms with E-state index in [2.05, 4.69) is 0 Å². The van der Waals surface area contributed by atoms with Gasteiger partial charge in [0.1, 0.15) is 0 Å². The number of nitrogens with zero attached hydrogens (tertiary/aromatic N) is 2. The molecule has 1 aliphatic carbocycles. The maximum atomic E-state index is 11.2. The summed E-state index contributed by atoms with van der Waals surface area (Å²) < 4.78 is 0. The molecule has 14 heteroatoms. The van der Waals surface area contributed by atoms with Gasteiger partial charge in [0.05, 0.1) is 0 Å². The normalized spacial score (nSPS) is 18.7. The van der Waals surface area contributed by atoms with Crippen molar-refractivity contribution in [2.24, 2.45) is 0 Å². The molecule has 0 aromatic heterocycles. The van der Waals surface area contributed by atoms with E-state index < -0.39 is 23.9 Å². The number of carboxylic acids is 3. The Bertz CT molecular complexity index is 451. The summed E-state index contributed by atoms with van der Waals surface area (Å²) in [7, 11) is 9.71. The molecule has 1 aliphatic rings. The zero-order chi connectivity index (χ0) is 21.0. The van der Waals surface area contributed by atoms with Crippen LogP contribution in [0.1, 0.15) is 25.7 Å². The molecule has 0 radical (unpaired) electrons. The zero-order valence-electron chi connectivity index (χ0n) is 14.9. The predicted octanol–water partition coefficient (Wildman–Crippen LogP) is -0.466. The number of carbonyl (C=O) groups excluding carboxylic acids is 1. The summed E-state index contributed by atoms with van der Waals surface area (Å²) >= 11 is -0.346. The second kappa shape index (κ2) is 15.8. The maximum absolute atomic E-state index is 11.2. The molecule has 1 saturated carbocycles. The van der Waals surface area contributed by atoms with Crippen molar-refractivity contribution in [1.82, 2.24) is 9.80 Å². The van der Waals surface area contributed by atoms with Crippen molar-refractivity contribution in [2.45, 2.75) is 37.8 Å². The zero-order valence-corrected chi connectivity index (χ0v) is 18.1. The summed E-state index contributed by atoms with van der Waals surface area (Å²) in [5.74, 6) is -3.55. The van der Waals surface area contributed by atoms with Crippen LogP contribution in [0, 0.1) is 0 Å². The number of carbonyl (C=O) groups is 1. The summed E-state index contributed by atoms with van der Waals surface area (Å²) in [6, 6.07) is -0.776. The van der Waals surface area contributed by atoms with E-state index in [1.54, 1.807) is 0 Å². The molecule has 11 nitrogen and oxygen atoms in total. The minimum absolute atomic E-state index is 0. The summed E-state index contributed by atoms with van der Waals surface area (Å²) in [5.41, 5.74) is 0. The monoisotopic (exact) mass is 539 g/mol. The number of aliphatic carboxylic acids is 3. The van der Waals surface area contributed by atoms with Crippen molar-refractivity contribution in [3.05, 3.63) is 0 Å². The predicted molar refractivity (Wildman–Crippen MR) is 100 cm³/mol. The Morgan fingerprint density at radius 3 is 1.43 bits per heavy atom. The average Bonchev–Trinajstić information content (AvgIpc) is 2.52. The number of aliphatic hydroxyl groups excluding tert-OH is 3. The van der Waals surface area contributed by atoms with Gasteiger partial charge < -0.3 is 40.3 Å². The van der Waals surface area contributed by atoms with Gasteiger partial charge in [0.25, 0.3) is 0 Å². The van der Waals surface area contributed by atoms with Gasteiger partial charge in [-0.25, -0.2) is 0 Å². The van der Waals surface area contributed by atoms with Gasteiger partial charge in [-0.1, -0.05) is 12.8 Å². The number of rotatable bonds is 10. The molecule has 0 bridgehead atoms. The topological polar surface area (TPSA) is 201 Å². The van der Waals surface area contributed by atoms with Crippen molar-refractivity contribution in [1.29, 1.82) is 0 Å². The standard InChI is InChI=1S/C14H22N2O8.2ClH.H2O.Ru/c17-11(18)5-15(6-12(19)20)9-3-1-2-4-10(9)16(7-13(21)22)8-14(23)24;;;;/h9-10H,1-8H2,(H,17,18)(H,19,20)(H,21,22)(H,23,24);2*1H;1H2;/q;;;;+2/p+1. The van der Waals surface area contributed by atoms with Crippen molar-refractivity contribution in [3.8, 4) is 0 Å². The van der Waals surface area contributed by atoms with Crippen molar-refractivity contribution in [3.63, 3.8) is 0 Å². The molecule has 28 heavy (non-hydrogen) atoms. The minimum Gasteiger partial charge on any atom is -0.870 e. The molecule has 0 aromatic rings. The van der Waals surface area contributed by atoms with E-state index in [0.29, 0.717) is 12.8 Å². The fourth-order valence-corrected chi connectivity index (χ4v) is 3.25. The van der Waals surface area contributed by atoms with E-state index in [-0.39, 0.29) is 58.9 Å². The molecular formula is C14H27Cl2N2O9Ru+3. The van der Waals surface area contributed by atoms with Crippen molar-refractivity contribution < 1.29 is 60.2 Å². The summed E-state index contributed by atoms with van der Waals surface area (Å²) in [4.78, 5) is 41.5. The first-order valence-electron chi connectivity index (χ1n) is 7.91. The van der Waals surface area contributed by atoms with Gasteiger partial charge in [-0.2, -0.15) is 0 Å². The summed E-state index contributed by atoms with van der Waals surface area (Å²) in [6.07, 6.45) is 2.79. The van der Waals surface area contributed by atoms with Crippen molar-refractivity contribution >= 4 is 43.3 Å². The third-order valence-corrected chi connectivity index (χ3v) is 4.01. The van der Waals surface area contributed by atoms with Crippen LogP contribution < -0.4 is 0 Å². The minimum atomic E-state index is -0.889. The van der Waals surface area contributed by atoms with Crippen LogP contribution in [0.4, 0.5) is 0 Å². The Hall–Kier alpha value is -1.04. The van der Waals surface area contributed by atoms with E-state index in [1.807, 2.05) is 0 Å². The van der Waals surface area contributed by atoms with E-state index in [4.69, 9.17) is 54.2 Å². The molecule has 0 saturated heterocycles. The van der Waals surface area contributed by atoms with Crippen LogP contribution in [0.5, 0.6) is 0 Å². The number of hydrogen-bond acceptors (Lipinski definition) is 4. The molecular weight excluding hydrogens is 512 g/mol. The Kier molecular flexibility index (Phi) is 16.5. The number of halogens is 2. The van der Waals surface area contributed by atoms with Gasteiger partial charge in [0.2, 0.25) is 0 Å². The van der Waals surface area contributed by atoms with Gasteiger partial charge in [-0.15, -0.1) is 0 Å². The Balaban J connectivity index is 0. The molecule has 0 amide bonds. The molecule has 0 aromatic carbocycles. The molecule has 0 aliphatic heterocycles. The second-order valence-electron chi connectivity index (χ2n) is 5.95. The van der Waals surface area contributed by atoms with E-state index in [0.717, 1.165) is 12.8 Å². The maximum Gasteiger partial charge on any atom is -0.870 e. The van der Waals surface area contributed by atoms with Gasteiger partial charge in [-0.3, -0.25) is 9.80 Å². The van der Waals surface area contributed by atoms with Gasteiger partial charge in [0, 0.05) is 16.9 Å². The van der Waals surface area contributed by atoms with E-state index >= 15 is 0 Å². The summed E-state index contributed by atoms with van der Waals surface area (Å²) in [5, 5.41) is 34.6. The molecule has 0 heterocycles. The molecule has 0 spiro atoms. The largest absolute Gasteiger partial charge is 0.870 e. The van der Waals surface area contributed by atoms with Gasteiger partial charge in [0.15, 0.2) is 26.2 Å². The molecule has 2 unspecified atom stereocenters. The van der Waals surface area contributed by atoms with Crippen LogP contribution in [-0.2, 0) is 19.9 Å². The van der Waals surface area contributed by atoms with E-state index in [1.165, 1.54) is 9.80 Å². The average molecular weight is 539 g/mol. The van der Waals surface area contributed by atoms with Crippen LogP contribution in [-0.4, -0.2) is 112 Å². The van der Waals surface area contributed by atoms with Crippen molar-refractivity contribution in [2.75, 3.05) is 26.2 Å². The third kappa shape index (κ3) is 12.4. The fourth-order valence-electron chi connectivity index (χ4n) is 3.25. The first-order valence-corrected chi connectivity index (χ1v) is 12.4. The van der Waals surface area contributed by atoms with E-state index in [9.17, 15) is 4.79 Å². The third-order valence-electron chi connectivity index (χ3n) is 4.01. The number of hydrogen-bond donors (Lipinski definition) is 3. The fraction of sp³-hybridized carbons (Fsp3) is 0.714. The Morgan fingerprint density at radius 1 is 0.893 bits per heavy atom. The van der Waals surface area contributed by atoms with Gasteiger partial charge >= 0.3 is 58.4 Å². The molecule has 166 valence electrons. The molecule has 1 rings (SSSR count). The van der Waals surface area contributed by atoms with Crippen LogP contribution in [0.3, 0.4) is 0 Å². The molecule has 2 atom stereocenters. The van der Waals surface area contributed by atoms with Crippen LogP contribution >= 0.6 is 19.4 Å². The van der Waals surface area contributed by atoms with Crippen LogP contribution in [0.2, 0.25) is 0 Å². The summed E-state index contributed by atoms with van der Waals surface area (Å²) in [6.45, 7) is -1.26. The van der Waals surface area contributed by atoms with Crippen LogP contribution in [0.25, 0.3) is 0 Å². The molecule has 1 fully saturated rings. The number of carboxylic acid groups (broad SMARTS) is 3. The Labute approximate surface area is 177 Å². The van der Waals surface area contributed by atoms with Gasteiger partial charge in [-0.05, 0) is 12.8 Å². The molecule has 9 N–H and O–H groups in total. The second-order valence-corrected chi connectivity index (χ2v) is 8.59. The first kappa shape index (κ1) is 29.2. The smallest absolute Gasteiger partial charge is 0.870 e. The van der Waals surface area contributed by atoms with Crippen LogP contribution in [0.15, 0.2) is 0 Å². The Morgan fingerprint density at radius 2 is 1.18 bits per heavy atom. The quantitative estimate of drug-likeness (QED) is 0.246.